The highest BCUT2D eigenvalue weighted by Gasteiger charge is 2.16. The average molecular weight is 282 g/mol. The van der Waals surface area contributed by atoms with Gasteiger partial charge in [-0.2, -0.15) is 5.10 Å². The van der Waals surface area contributed by atoms with E-state index in [2.05, 4.69) is 5.10 Å². The minimum Gasteiger partial charge on any atom is -0.491 e. The van der Waals surface area contributed by atoms with Crippen LogP contribution in [-0.2, 0) is 0 Å². The minimum absolute atomic E-state index is 0.106. The smallest absolute Gasteiger partial charge is 0.120 e. The first-order chi connectivity index (χ1) is 10.1. The van der Waals surface area contributed by atoms with E-state index in [9.17, 15) is 5.11 Å². The third kappa shape index (κ3) is 2.76. The molecule has 3 aromatic rings. The highest BCUT2D eigenvalue weighted by atomic mass is 16.5. The van der Waals surface area contributed by atoms with Crippen LogP contribution in [0.3, 0.4) is 0 Å². The van der Waals surface area contributed by atoms with Gasteiger partial charge in [-0.05, 0) is 43.7 Å². The van der Waals surface area contributed by atoms with Crippen molar-refractivity contribution >= 4 is 5.52 Å². The maximum Gasteiger partial charge on any atom is 0.120 e. The number of hydrogen-bond acceptors (Lipinski definition) is 3. The molecule has 0 saturated carbocycles. The summed E-state index contributed by atoms with van der Waals surface area (Å²) in [6, 6.07) is 13.3. The number of benzene rings is 1. The van der Waals surface area contributed by atoms with Gasteiger partial charge in [0.05, 0.1) is 17.8 Å². The lowest BCUT2D eigenvalue weighted by molar-refractivity contribution is 0.218. The Morgan fingerprint density at radius 3 is 2.81 bits per heavy atom. The third-order valence-corrected chi connectivity index (χ3v) is 3.30. The van der Waals surface area contributed by atoms with Crippen LogP contribution >= 0.6 is 0 Å². The predicted octanol–water partition coefficient (Wildman–Crippen LogP) is 3.20. The molecule has 0 saturated heterocycles. The van der Waals surface area contributed by atoms with Gasteiger partial charge >= 0.3 is 0 Å². The lowest BCUT2D eigenvalue weighted by Gasteiger charge is -2.14. The van der Waals surface area contributed by atoms with E-state index in [-0.39, 0.29) is 6.10 Å². The summed E-state index contributed by atoms with van der Waals surface area (Å²) in [7, 11) is 0. The second-order valence-electron chi connectivity index (χ2n) is 5.27. The SMILES string of the molecule is CC(C)Oc1cccc(C(O)c2cnn3ccccc23)c1. The van der Waals surface area contributed by atoms with E-state index in [1.807, 2.05) is 62.5 Å². The summed E-state index contributed by atoms with van der Waals surface area (Å²) in [6.07, 6.45) is 2.95. The van der Waals surface area contributed by atoms with Crippen LogP contribution < -0.4 is 4.74 Å². The van der Waals surface area contributed by atoms with Crippen molar-refractivity contribution in [2.75, 3.05) is 0 Å². The van der Waals surface area contributed by atoms with Crippen molar-refractivity contribution in [3.63, 3.8) is 0 Å². The number of hydrogen-bond donors (Lipinski definition) is 1. The third-order valence-electron chi connectivity index (χ3n) is 3.30. The first-order valence-corrected chi connectivity index (χ1v) is 7.02. The summed E-state index contributed by atoms with van der Waals surface area (Å²) in [5, 5.41) is 14.9. The molecule has 0 bridgehead atoms. The quantitative estimate of drug-likeness (QED) is 0.799. The maximum absolute atomic E-state index is 10.6. The Kier molecular flexibility index (Phi) is 3.62. The molecule has 0 radical (unpaired) electrons. The van der Waals surface area contributed by atoms with Crippen molar-refractivity contribution in [1.29, 1.82) is 0 Å². The number of aliphatic hydroxyl groups excluding tert-OH is 1. The van der Waals surface area contributed by atoms with Crippen LogP contribution in [0.5, 0.6) is 5.75 Å². The highest BCUT2D eigenvalue weighted by Crippen LogP contribution is 2.28. The number of aliphatic hydroxyl groups is 1. The molecule has 0 fully saturated rings. The molecule has 1 aromatic carbocycles. The van der Waals surface area contributed by atoms with E-state index in [0.29, 0.717) is 0 Å². The minimum atomic E-state index is -0.722. The Labute approximate surface area is 123 Å². The fourth-order valence-electron chi connectivity index (χ4n) is 2.37. The Bertz CT molecular complexity index is 749. The molecule has 0 aliphatic heterocycles. The van der Waals surface area contributed by atoms with Gasteiger partial charge in [0.15, 0.2) is 0 Å². The van der Waals surface area contributed by atoms with Crippen molar-refractivity contribution in [3.8, 4) is 5.75 Å². The topological polar surface area (TPSA) is 46.8 Å². The van der Waals surface area contributed by atoms with Crippen LogP contribution in [0.25, 0.3) is 5.52 Å². The van der Waals surface area contributed by atoms with Crippen LogP contribution in [0.15, 0.2) is 54.9 Å². The van der Waals surface area contributed by atoms with Crippen LogP contribution in [0, 0.1) is 0 Å². The average Bonchev–Trinajstić information content (AvgIpc) is 2.90. The number of ether oxygens (including phenoxy) is 1. The van der Waals surface area contributed by atoms with Crippen molar-refractivity contribution in [2.24, 2.45) is 0 Å². The Balaban J connectivity index is 1.96. The highest BCUT2D eigenvalue weighted by molar-refractivity contribution is 5.56. The van der Waals surface area contributed by atoms with Crippen molar-refractivity contribution in [2.45, 2.75) is 26.1 Å². The molecular formula is C17H18N2O2. The standard InChI is InChI=1S/C17H18N2O2/c1-12(2)21-14-7-5-6-13(10-14)17(20)15-11-18-19-9-4-3-8-16(15)19/h3-12,17,20H,1-2H3. The predicted molar refractivity (Wildman–Crippen MR) is 81.5 cm³/mol. The molecule has 3 rings (SSSR count). The van der Waals surface area contributed by atoms with Gasteiger partial charge < -0.3 is 9.84 Å². The maximum atomic E-state index is 10.6. The molecule has 4 nitrogen and oxygen atoms in total. The number of nitrogens with zero attached hydrogens (tertiary/aromatic N) is 2. The molecule has 108 valence electrons. The van der Waals surface area contributed by atoms with Gasteiger partial charge in [0.25, 0.3) is 0 Å². The van der Waals surface area contributed by atoms with Gasteiger partial charge in [-0.3, -0.25) is 0 Å². The van der Waals surface area contributed by atoms with Crippen LogP contribution in [0.4, 0.5) is 0 Å². The van der Waals surface area contributed by atoms with E-state index in [4.69, 9.17) is 4.74 Å². The number of pyridine rings is 1. The van der Waals surface area contributed by atoms with E-state index in [1.165, 1.54) is 0 Å². The molecule has 2 heterocycles. The molecule has 4 heteroatoms. The summed E-state index contributed by atoms with van der Waals surface area (Å²) in [5.41, 5.74) is 2.49. The van der Waals surface area contributed by atoms with Gasteiger partial charge in [-0.25, -0.2) is 4.52 Å². The summed E-state index contributed by atoms with van der Waals surface area (Å²) in [4.78, 5) is 0. The van der Waals surface area contributed by atoms with E-state index < -0.39 is 6.10 Å². The van der Waals surface area contributed by atoms with E-state index >= 15 is 0 Å². The molecule has 0 amide bonds. The molecule has 2 aromatic heterocycles. The summed E-state index contributed by atoms with van der Waals surface area (Å²) in [5.74, 6) is 0.762. The van der Waals surface area contributed by atoms with Crippen LogP contribution in [0.1, 0.15) is 31.1 Å². The fraction of sp³-hybridized carbons (Fsp3) is 0.235. The Morgan fingerprint density at radius 2 is 2.00 bits per heavy atom. The zero-order valence-corrected chi connectivity index (χ0v) is 12.1. The number of rotatable bonds is 4. The van der Waals surface area contributed by atoms with E-state index in [1.54, 1.807) is 10.7 Å². The lowest BCUT2D eigenvalue weighted by Crippen LogP contribution is -2.06. The van der Waals surface area contributed by atoms with Gasteiger partial charge in [0.2, 0.25) is 0 Å². The summed E-state index contributed by atoms with van der Waals surface area (Å²) >= 11 is 0. The van der Waals surface area contributed by atoms with E-state index in [0.717, 1.165) is 22.4 Å². The molecule has 1 atom stereocenters. The van der Waals surface area contributed by atoms with Crippen LogP contribution in [0.2, 0.25) is 0 Å². The molecule has 0 aliphatic carbocycles. The zero-order valence-electron chi connectivity index (χ0n) is 12.1. The number of aromatic nitrogens is 2. The second kappa shape index (κ2) is 5.58. The van der Waals surface area contributed by atoms with Gasteiger partial charge in [-0.15, -0.1) is 0 Å². The summed E-state index contributed by atoms with van der Waals surface area (Å²) in [6.45, 7) is 3.96. The molecular weight excluding hydrogens is 264 g/mol. The van der Waals surface area contributed by atoms with Crippen LogP contribution in [-0.4, -0.2) is 20.8 Å². The second-order valence-corrected chi connectivity index (χ2v) is 5.27. The molecule has 21 heavy (non-hydrogen) atoms. The van der Waals surface area contributed by atoms with Crippen molar-refractivity contribution in [1.82, 2.24) is 9.61 Å². The van der Waals surface area contributed by atoms with Crippen molar-refractivity contribution < 1.29 is 9.84 Å². The lowest BCUT2D eigenvalue weighted by atomic mass is 10.0. The van der Waals surface area contributed by atoms with Gasteiger partial charge in [0.1, 0.15) is 11.9 Å². The summed E-state index contributed by atoms with van der Waals surface area (Å²) < 4.78 is 7.43. The Morgan fingerprint density at radius 1 is 1.14 bits per heavy atom. The molecule has 0 aliphatic rings. The Hall–Kier alpha value is -2.33. The fourth-order valence-corrected chi connectivity index (χ4v) is 2.37. The number of fused-ring (bicyclic) bond motifs is 1. The largest absolute Gasteiger partial charge is 0.491 e. The van der Waals surface area contributed by atoms with Gasteiger partial charge in [0, 0.05) is 11.8 Å². The molecule has 1 N–H and O–H groups in total. The first kappa shape index (κ1) is 13.6. The molecule has 1 unspecified atom stereocenters. The van der Waals surface area contributed by atoms with Crippen molar-refractivity contribution in [3.05, 3.63) is 66.0 Å². The monoisotopic (exact) mass is 282 g/mol. The van der Waals surface area contributed by atoms with Gasteiger partial charge in [-0.1, -0.05) is 18.2 Å². The molecule has 0 spiro atoms. The first-order valence-electron chi connectivity index (χ1n) is 7.02. The zero-order chi connectivity index (χ0) is 14.8. The normalized spacial score (nSPS) is 12.8.